The minimum Gasteiger partial charge on any atom is -0.387 e. The molecule has 2 aromatic heterocycles. The van der Waals surface area contributed by atoms with Crippen LogP contribution in [0.25, 0.3) is 0 Å². The van der Waals surface area contributed by atoms with E-state index in [0.29, 0.717) is 12.3 Å². The lowest BCUT2D eigenvalue weighted by atomic mass is 10.2. The lowest BCUT2D eigenvalue weighted by Crippen LogP contribution is -2.13. The van der Waals surface area contributed by atoms with Gasteiger partial charge in [0.05, 0.1) is 6.10 Å². The molecule has 0 fully saturated rings. The third kappa shape index (κ3) is 3.14. The smallest absolute Gasteiger partial charge is 0.138 e. The fourth-order valence-electron chi connectivity index (χ4n) is 1.70. The average molecular weight is 251 g/mol. The topological polar surface area (TPSA) is 50.9 Å². The van der Waals surface area contributed by atoms with Crippen molar-refractivity contribution in [1.29, 1.82) is 0 Å². The van der Waals surface area contributed by atoms with Crippen LogP contribution in [-0.2, 0) is 13.0 Å². The van der Waals surface area contributed by atoms with Crippen molar-refractivity contribution in [2.24, 2.45) is 5.92 Å². The maximum Gasteiger partial charge on any atom is 0.138 e. The van der Waals surface area contributed by atoms with E-state index >= 15 is 0 Å². The molecule has 4 nitrogen and oxygen atoms in total. The molecule has 2 rings (SSSR count). The standard InChI is InChI=1S/C12H17N3OS/c1-9(2)7-15-12(13-8-14-15)6-10(16)11-4-3-5-17-11/h3-5,8-10,16H,6-7H2,1-2H3. The van der Waals surface area contributed by atoms with Crippen LogP contribution in [0.3, 0.4) is 0 Å². The van der Waals surface area contributed by atoms with Crippen LogP contribution in [0.5, 0.6) is 0 Å². The highest BCUT2D eigenvalue weighted by molar-refractivity contribution is 7.10. The summed E-state index contributed by atoms with van der Waals surface area (Å²) in [6.45, 7) is 5.12. The van der Waals surface area contributed by atoms with E-state index in [0.717, 1.165) is 17.2 Å². The molecule has 5 heteroatoms. The van der Waals surface area contributed by atoms with Crippen LogP contribution >= 0.6 is 11.3 Å². The van der Waals surface area contributed by atoms with E-state index < -0.39 is 6.10 Å². The van der Waals surface area contributed by atoms with Gasteiger partial charge in [-0.1, -0.05) is 19.9 Å². The summed E-state index contributed by atoms with van der Waals surface area (Å²) in [5, 5.41) is 16.2. The van der Waals surface area contributed by atoms with Crippen LogP contribution in [-0.4, -0.2) is 19.9 Å². The van der Waals surface area contributed by atoms with Crippen LogP contribution in [0.2, 0.25) is 0 Å². The lowest BCUT2D eigenvalue weighted by Gasteiger charge is -2.11. The van der Waals surface area contributed by atoms with Crippen molar-refractivity contribution < 1.29 is 5.11 Å². The van der Waals surface area contributed by atoms with Crippen LogP contribution < -0.4 is 0 Å². The number of rotatable bonds is 5. The number of nitrogens with zero attached hydrogens (tertiary/aromatic N) is 3. The van der Waals surface area contributed by atoms with E-state index in [4.69, 9.17) is 0 Å². The predicted octanol–water partition coefficient (Wildman–Crippen LogP) is 2.27. The molecule has 2 heterocycles. The third-order valence-corrected chi connectivity index (χ3v) is 3.45. The first-order valence-corrected chi connectivity index (χ1v) is 6.63. The fraction of sp³-hybridized carbons (Fsp3) is 0.500. The molecular weight excluding hydrogens is 234 g/mol. The summed E-state index contributed by atoms with van der Waals surface area (Å²) in [6.07, 6.45) is 1.59. The minimum atomic E-state index is -0.481. The zero-order valence-corrected chi connectivity index (χ0v) is 10.9. The molecule has 0 amide bonds. The van der Waals surface area contributed by atoms with E-state index in [1.807, 2.05) is 22.2 Å². The van der Waals surface area contributed by atoms with E-state index in [1.165, 1.54) is 0 Å². The van der Waals surface area contributed by atoms with Gasteiger partial charge in [-0.3, -0.25) is 0 Å². The third-order valence-electron chi connectivity index (χ3n) is 2.48. The Kier molecular flexibility index (Phi) is 3.91. The average Bonchev–Trinajstić information content (AvgIpc) is 2.89. The summed E-state index contributed by atoms with van der Waals surface area (Å²) in [5.41, 5.74) is 0. The van der Waals surface area contributed by atoms with Crippen molar-refractivity contribution >= 4 is 11.3 Å². The minimum absolute atomic E-state index is 0.481. The van der Waals surface area contributed by atoms with Gasteiger partial charge >= 0.3 is 0 Å². The SMILES string of the molecule is CC(C)Cn1ncnc1CC(O)c1cccs1. The molecule has 2 aromatic rings. The first kappa shape index (κ1) is 12.3. The molecular formula is C12H17N3OS. The molecule has 0 aliphatic heterocycles. The van der Waals surface area contributed by atoms with Gasteiger partial charge < -0.3 is 5.11 Å². The van der Waals surface area contributed by atoms with Gasteiger partial charge in [0.15, 0.2) is 0 Å². The number of thiophene rings is 1. The van der Waals surface area contributed by atoms with Crippen LogP contribution in [0.1, 0.15) is 30.7 Å². The summed E-state index contributed by atoms with van der Waals surface area (Å²) < 4.78 is 1.88. The van der Waals surface area contributed by atoms with Gasteiger partial charge in [-0.15, -0.1) is 11.3 Å². The maximum absolute atomic E-state index is 10.1. The summed E-state index contributed by atoms with van der Waals surface area (Å²) in [4.78, 5) is 5.19. The number of aliphatic hydroxyl groups excluding tert-OH is 1. The first-order valence-electron chi connectivity index (χ1n) is 5.75. The Hall–Kier alpha value is -1.20. The lowest BCUT2D eigenvalue weighted by molar-refractivity contribution is 0.177. The molecule has 92 valence electrons. The molecule has 0 bridgehead atoms. The second-order valence-electron chi connectivity index (χ2n) is 4.49. The monoisotopic (exact) mass is 251 g/mol. The quantitative estimate of drug-likeness (QED) is 0.887. The summed E-state index contributed by atoms with van der Waals surface area (Å²) >= 11 is 1.57. The number of hydrogen-bond acceptors (Lipinski definition) is 4. The van der Waals surface area contributed by atoms with Crippen molar-refractivity contribution in [3.63, 3.8) is 0 Å². The van der Waals surface area contributed by atoms with Gasteiger partial charge in [0, 0.05) is 17.8 Å². The second-order valence-corrected chi connectivity index (χ2v) is 5.47. The van der Waals surface area contributed by atoms with Crippen molar-refractivity contribution in [2.75, 3.05) is 0 Å². The van der Waals surface area contributed by atoms with Gasteiger partial charge in [0.1, 0.15) is 12.2 Å². The molecule has 0 aliphatic rings. The van der Waals surface area contributed by atoms with Crippen molar-refractivity contribution in [3.8, 4) is 0 Å². The van der Waals surface area contributed by atoms with Gasteiger partial charge in [0.2, 0.25) is 0 Å². The van der Waals surface area contributed by atoms with Gasteiger partial charge in [-0.2, -0.15) is 5.10 Å². The first-order chi connectivity index (χ1) is 8.16. The molecule has 0 saturated heterocycles. The number of aliphatic hydroxyl groups is 1. The molecule has 1 atom stereocenters. The fourth-order valence-corrected chi connectivity index (χ4v) is 2.41. The Labute approximate surface area is 105 Å². The zero-order valence-electron chi connectivity index (χ0n) is 10.1. The Balaban J connectivity index is 2.06. The van der Waals surface area contributed by atoms with E-state index in [-0.39, 0.29) is 0 Å². The molecule has 0 spiro atoms. The second kappa shape index (κ2) is 5.42. The Morgan fingerprint density at radius 3 is 2.94 bits per heavy atom. The summed E-state index contributed by atoms with van der Waals surface area (Å²) in [7, 11) is 0. The number of aromatic nitrogens is 3. The van der Waals surface area contributed by atoms with Crippen molar-refractivity contribution in [1.82, 2.24) is 14.8 Å². The van der Waals surface area contributed by atoms with E-state index in [2.05, 4.69) is 23.9 Å². The van der Waals surface area contributed by atoms with Crippen LogP contribution in [0, 0.1) is 5.92 Å². The Bertz CT molecular complexity index is 450. The van der Waals surface area contributed by atoms with Gasteiger partial charge in [0.25, 0.3) is 0 Å². The zero-order chi connectivity index (χ0) is 12.3. The number of hydrogen-bond donors (Lipinski definition) is 1. The van der Waals surface area contributed by atoms with Gasteiger partial charge in [-0.25, -0.2) is 9.67 Å². The van der Waals surface area contributed by atoms with E-state index in [1.54, 1.807) is 17.7 Å². The highest BCUT2D eigenvalue weighted by Crippen LogP contribution is 2.21. The molecule has 0 saturated carbocycles. The van der Waals surface area contributed by atoms with Crippen molar-refractivity contribution in [3.05, 3.63) is 34.5 Å². The van der Waals surface area contributed by atoms with E-state index in [9.17, 15) is 5.11 Å². The molecule has 0 radical (unpaired) electrons. The maximum atomic E-state index is 10.1. The largest absolute Gasteiger partial charge is 0.387 e. The normalized spacial score (nSPS) is 13.2. The predicted molar refractivity (Wildman–Crippen MR) is 67.8 cm³/mol. The summed E-state index contributed by atoms with van der Waals surface area (Å²) in [6, 6.07) is 3.89. The van der Waals surface area contributed by atoms with Crippen molar-refractivity contribution in [2.45, 2.75) is 32.9 Å². The van der Waals surface area contributed by atoms with Crippen LogP contribution in [0.4, 0.5) is 0 Å². The Morgan fingerprint density at radius 1 is 1.47 bits per heavy atom. The molecule has 17 heavy (non-hydrogen) atoms. The Morgan fingerprint density at radius 2 is 2.29 bits per heavy atom. The molecule has 0 aromatic carbocycles. The molecule has 1 N–H and O–H groups in total. The van der Waals surface area contributed by atoms with Gasteiger partial charge in [-0.05, 0) is 17.4 Å². The molecule has 1 unspecified atom stereocenters. The highest BCUT2D eigenvalue weighted by Gasteiger charge is 2.14. The van der Waals surface area contributed by atoms with Crippen LogP contribution in [0.15, 0.2) is 23.8 Å². The highest BCUT2D eigenvalue weighted by atomic mass is 32.1. The summed E-state index contributed by atoms with van der Waals surface area (Å²) in [5.74, 6) is 1.37. The molecule has 0 aliphatic carbocycles.